The second-order valence-corrected chi connectivity index (χ2v) is 6.19. The Morgan fingerprint density at radius 3 is 2.54 bits per heavy atom. The minimum atomic E-state index is -0.318. The molecule has 0 fully saturated rings. The number of hydrogen-bond donors (Lipinski definition) is 0. The van der Waals surface area contributed by atoms with Crippen molar-refractivity contribution in [3.05, 3.63) is 77.6 Å². The molecule has 5 heteroatoms. The molecule has 3 aromatic rings. The van der Waals surface area contributed by atoms with Crippen molar-refractivity contribution >= 4 is 17.9 Å². The second kappa shape index (κ2) is 9.33. The molecule has 3 rings (SSSR count). The Bertz CT molecular complexity index is 994. The van der Waals surface area contributed by atoms with E-state index in [1.54, 1.807) is 42.6 Å². The van der Waals surface area contributed by atoms with E-state index < -0.39 is 0 Å². The van der Waals surface area contributed by atoms with Crippen LogP contribution in [0, 0.1) is 11.3 Å². The van der Waals surface area contributed by atoms with E-state index in [4.69, 9.17) is 14.4 Å². The van der Waals surface area contributed by atoms with Crippen molar-refractivity contribution in [2.45, 2.75) is 19.8 Å². The standard InChI is InChI=1S/C23H20N2O3/c1-2-3-14-27-23(26)19-8-10-20(11-9-19)25-16-21-12-13-22(28-21)18-6-4-17(15-24)5-7-18/h4-13,16H,2-3,14H2,1H3. The zero-order valence-electron chi connectivity index (χ0n) is 15.6. The fourth-order valence-electron chi connectivity index (χ4n) is 2.50. The van der Waals surface area contributed by atoms with Crippen LogP contribution in [0.4, 0.5) is 5.69 Å². The van der Waals surface area contributed by atoms with Crippen LogP contribution >= 0.6 is 0 Å². The average molecular weight is 372 g/mol. The first-order chi connectivity index (χ1) is 13.7. The molecule has 0 atom stereocenters. The van der Waals surface area contributed by atoms with Crippen LogP contribution in [0.2, 0.25) is 0 Å². The highest BCUT2D eigenvalue weighted by atomic mass is 16.5. The van der Waals surface area contributed by atoms with Gasteiger partial charge < -0.3 is 9.15 Å². The molecule has 0 unspecified atom stereocenters. The number of ether oxygens (including phenoxy) is 1. The van der Waals surface area contributed by atoms with Crippen molar-refractivity contribution in [3.8, 4) is 17.4 Å². The highest BCUT2D eigenvalue weighted by molar-refractivity contribution is 5.90. The van der Waals surface area contributed by atoms with E-state index in [-0.39, 0.29) is 5.97 Å². The summed E-state index contributed by atoms with van der Waals surface area (Å²) in [5.41, 5.74) is 2.72. The smallest absolute Gasteiger partial charge is 0.338 e. The van der Waals surface area contributed by atoms with E-state index in [0.29, 0.717) is 34.9 Å². The first-order valence-corrected chi connectivity index (χ1v) is 9.11. The fourth-order valence-corrected chi connectivity index (χ4v) is 2.50. The minimum Gasteiger partial charge on any atom is -0.462 e. The van der Waals surface area contributed by atoms with Crippen LogP contribution in [-0.4, -0.2) is 18.8 Å². The van der Waals surface area contributed by atoms with E-state index in [1.165, 1.54) is 0 Å². The number of carbonyl (C=O) groups excluding carboxylic acids is 1. The van der Waals surface area contributed by atoms with Crippen molar-refractivity contribution in [2.24, 2.45) is 4.99 Å². The van der Waals surface area contributed by atoms with Crippen LogP contribution in [0.3, 0.4) is 0 Å². The molecule has 28 heavy (non-hydrogen) atoms. The lowest BCUT2D eigenvalue weighted by Crippen LogP contribution is -2.05. The van der Waals surface area contributed by atoms with Gasteiger partial charge in [0.05, 0.1) is 35.7 Å². The lowest BCUT2D eigenvalue weighted by Gasteiger charge is -2.03. The van der Waals surface area contributed by atoms with Crippen molar-refractivity contribution in [1.29, 1.82) is 5.26 Å². The molecule has 5 nitrogen and oxygen atoms in total. The van der Waals surface area contributed by atoms with Crippen molar-refractivity contribution in [2.75, 3.05) is 6.61 Å². The summed E-state index contributed by atoms with van der Waals surface area (Å²) in [6.45, 7) is 2.49. The van der Waals surface area contributed by atoms with Gasteiger partial charge in [0.25, 0.3) is 0 Å². The summed E-state index contributed by atoms with van der Waals surface area (Å²) in [5, 5.41) is 8.86. The van der Waals surface area contributed by atoms with Crippen LogP contribution in [0.1, 0.15) is 41.4 Å². The van der Waals surface area contributed by atoms with Gasteiger partial charge in [-0.3, -0.25) is 4.99 Å². The molecule has 0 N–H and O–H groups in total. The zero-order valence-corrected chi connectivity index (χ0v) is 15.6. The maximum Gasteiger partial charge on any atom is 0.338 e. The number of nitriles is 1. The van der Waals surface area contributed by atoms with Gasteiger partial charge in [0.15, 0.2) is 0 Å². The molecule has 1 heterocycles. The molecule has 0 radical (unpaired) electrons. The Morgan fingerprint density at radius 1 is 1.11 bits per heavy atom. The second-order valence-electron chi connectivity index (χ2n) is 6.19. The van der Waals surface area contributed by atoms with Gasteiger partial charge in [-0.2, -0.15) is 5.26 Å². The van der Waals surface area contributed by atoms with Crippen LogP contribution in [0.25, 0.3) is 11.3 Å². The Morgan fingerprint density at radius 2 is 1.86 bits per heavy atom. The number of rotatable bonds is 7. The van der Waals surface area contributed by atoms with Crippen LogP contribution in [0.15, 0.2) is 70.1 Å². The third kappa shape index (κ3) is 4.95. The predicted molar refractivity (Wildman–Crippen MR) is 108 cm³/mol. The number of esters is 1. The molecule has 0 aliphatic heterocycles. The molecule has 1 aromatic heterocycles. The van der Waals surface area contributed by atoms with Gasteiger partial charge in [-0.15, -0.1) is 0 Å². The monoisotopic (exact) mass is 372 g/mol. The Labute approximate surface area is 163 Å². The summed E-state index contributed by atoms with van der Waals surface area (Å²) in [6, 6.07) is 19.9. The summed E-state index contributed by atoms with van der Waals surface area (Å²) in [4.78, 5) is 16.3. The third-order valence-electron chi connectivity index (χ3n) is 4.10. The number of carbonyl (C=O) groups is 1. The first kappa shape index (κ1) is 19.1. The number of aliphatic imine (C=N–C) groups is 1. The number of unbranched alkanes of at least 4 members (excludes halogenated alkanes) is 1. The van der Waals surface area contributed by atoms with E-state index in [0.717, 1.165) is 18.4 Å². The largest absolute Gasteiger partial charge is 0.462 e. The number of furan rings is 1. The summed E-state index contributed by atoms with van der Waals surface area (Å²) < 4.78 is 11.0. The lowest BCUT2D eigenvalue weighted by molar-refractivity contribution is 0.0500. The van der Waals surface area contributed by atoms with Gasteiger partial charge in [-0.1, -0.05) is 13.3 Å². The predicted octanol–water partition coefficient (Wildman–Crippen LogP) is 5.53. The molecule has 0 saturated carbocycles. The lowest BCUT2D eigenvalue weighted by atomic mass is 10.1. The summed E-state index contributed by atoms with van der Waals surface area (Å²) >= 11 is 0. The molecule has 0 spiro atoms. The van der Waals surface area contributed by atoms with Gasteiger partial charge in [0.2, 0.25) is 0 Å². The molecular weight excluding hydrogens is 352 g/mol. The van der Waals surface area contributed by atoms with Crippen molar-refractivity contribution < 1.29 is 13.9 Å². The van der Waals surface area contributed by atoms with Crippen LogP contribution in [0.5, 0.6) is 0 Å². The molecule has 0 saturated heterocycles. The average Bonchev–Trinajstić information content (AvgIpc) is 3.22. The van der Waals surface area contributed by atoms with Crippen LogP contribution < -0.4 is 0 Å². The van der Waals surface area contributed by atoms with E-state index in [9.17, 15) is 4.79 Å². The summed E-state index contributed by atoms with van der Waals surface area (Å²) in [7, 11) is 0. The molecule has 2 aromatic carbocycles. The van der Waals surface area contributed by atoms with Gasteiger partial charge >= 0.3 is 5.97 Å². The molecular formula is C23H20N2O3. The Balaban J connectivity index is 1.63. The Hall–Kier alpha value is -3.65. The summed E-state index contributed by atoms with van der Waals surface area (Å²) in [5.74, 6) is 1.00. The maximum absolute atomic E-state index is 11.9. The Kier molecular flexibility index (Phi) is 6.37. The number of hydrogen-bond acceptors (Lipinski definition) is 5. The third-order valence-corrected chi connectivity index (χ3v) is 4.10. The quantitative estimate of drug-likeness (QED) is 0.311. The minimum absolute atomic E-state index is 0.318. The topological polar surface area (TPSA) is 75.6 Å². The van der Waals surface area contributed by atoms with E-state index in [1.807, 2.05) is 31.2 Å². The zero-order chi connectivity index (χ0) is 19.8. The molecule has 0 aliphatic rings. The highest BCUT2D eigenvalue weighted by Gasteiger charge is 2.07. The number of benzene rings is 2. The van der Waals surface area contributed by atoms with Crippen LogP contribution in [-0.2, 0) is 4.74 Å². The van der Waals surface area contributed by atoms with Gasteiger partial charge in [0, 0.05) is 5.56 Å². The highest BCUT2D eigenvalue weighted by Crippen LogP contribution is 2.22. The first-order valence-electron chi connectivity index (χ1n) is 9.11. The molecule has 0 amide bonds. The van der Waals surface area contributed by atoms with Gasteiger partial charge in [0.1, 0.15) is 11.5 Å². The van der Waals surface area contributed by atoms with Crippen molar-refractivity contribution in [3.63, 3.8) is 0 Å². The van der Waals surface area contributed by atoms with E-state index in [2.05, 4.69) is 11.1 Å². The van der Waals surface area contributed by atoms with Gasteiger partial charge in [-0.25, -0.2) is 4.79 Å². The number of nitrogens with zero attached hydrogens (tertiary/aromatic N) is 2. The molecule has 0 bridgehead atoms. The normalized spacial score (nSPS) is 10.7. The summed E-state index contributed by atoms with van der Waals surface area (Å²) in [6.07, 6.45) is 3.48. The fraction of sp³-hybridized carbons (Fsp3) is 0.174. The van der Waals surface area contributed by atoms with Gasteiger partial charge in [-0.05, 0) is 67.1 Å². The van der Waals surface area contributed by atoms with Crippen molar-refractivity contribution in [1.82, 2.24) is 0 Å². The van der Waals surface area contributed by atoms with E-state index >= 15 is 0 Å². The SMILES string of the molecule is CCCCOC(=O)c1ccc(N=Cc2ccc(-c3ccc(C#N)cc3)o2)cc1. The maximum atomic E-state index is 11.9. The molecule has 0 aliphatic carbocycles. The molecule has 140 valence electrons.